The molecule has 0 atom stereocenters. The Kier molecular flexibility index (Phi) is 4.52. The Bertz CT molecular complexity index is 752. The summed E-state index contributed by atoms with van der Waals surface area (Å²) in [6.07, 6.45) is 1.29. The number of aryl methyl sites for hydroxylation is 2. The second-order valence-corrected chi connectivity index (χ2v) is 4.69. The molecule has 2 aromatic rings. The van der Waals surface area contributed by atoms with Crippen molar-refractivity contribution in [3.63, 3.8) is 0 Å². The number of nitrogens with zero attached hydrogens (tertiary/aromatic N) is 4. The van der Waals surface area contributed by atoms with Crippen LogP contribution in [-0.2, 0) is 11.9 Å². The lowest BCUT2D eigenvalue weighted by Crippen LogP contribution is -2.01. The Labute approximate surface area is 130 Å². The van der Waals surface area contributed by atoms with Gasteiger partial charge in [0.05, 0.1) is 28.0 Å². The van der Waals surface area contributed by atoms with Gasteiger partial charge in [-0.3, -0.25) is 14.8 Å². The van der Waals surface area contributed by atoms with Gasteiger partial charge in [0.25, 0.3) is 5.69 Å². The number of nitro groups is 1. The summed E-state index contributed by atoms with van der Waals surface area (Å²) in [4.78, 5) is 26.4. The van der Waals surface area contributed by atoms with Gasteiger partial charge in [0, 0.05) is 19.2 Å². The first kappa shape index (κ1) is 15.6. The van der Waals surface area contributed by atoms with Gasteiger partial charge in [-0.25, -0.2) is 4.79 Å². The summed E-state index contributed by atoms with van der Waals surface area (Å²) in [7, 11) is 1.68. The van der Waals surface area contributed by atoms with Crippen LogP contribution >= 0.6 is 11.6 Å². The molecule has 0 radical (unpaired) electrons. The van der Waals surface area contributed by atoms with Gasteiger partial charge in [-0.1, -0.05) is 16.8 Å². The smallest absolute Gasteiger partial charge is 0.313 e. The Morgan fingerprint density at radius 2 is 2.09 bits per heavy atom. The van der Waals surface area contributed by atoms with Crippen LogP contribution in [0.5, 0.6) is 0 Å². The van der Waals surface area contributed by atoms with Crippen molar-refractivity contribution in [3.05, 3.63) is 56.4 Å². The standard InChI is InChI=1S/C13H11ClN4O4/c1-8-11(12(14)17(2)16-8)7-15-22-13(19)9-3-5-10(6-4-9)18(20)21/h3-7H,1-2H3/b15-7+. The molecule has 2 rings (SSSR count). The maximum absolute atomic E-state index is 11.7. The van der Waals surface area contributed by atoms with Crippen LogP contribution in [0.1, 0.15) is 21.6 Å². The van der Waals surface area contributed by atoms with Crippen LogP contribution in [0.25, 0.3) is 0 Å². The number of hydrogen-bond donors (Lipinski definition) is 0. The molecular weight excluding hydrogens is 312 g/mol. The molecule has 1 heterocycles. The lowest BCUT2D eigenvalue weighted by molar-refractivity contribution is -0.384. The number of aromatic nitrogens is 2. The minimum absolute atomic E-state index is 0.113. The quantitative estimate of drug-likeness (QED) is 0.372. The van der Waals surface area contributed by atoms with Crippen molar-refractivity contribution >= 4 is 29.5 Å². The van der Waals surface area contributed by atoms with E-state index in [1.54, 1.807) is 14.0 Å². The zero-order valence-electron chi connectivity index (χ0n) is 11.7. The molecule has 0 unspecified atom stereocenters. The average Bonchev–Trinajstić information content (AvgIpc) is 2.73. The zero-order chi connectivity index (χ0) is 16.3. The molecule has 0 amide bonds. The third-order valence-corrected chi connectivity index (χ3v) is 3.28. The number of oxime groups is 1. The van der Waals surface area contributed by atoms with Crippen LogP contribution in [-0.4, -0.2) is 26.9 Å². The van der Waals surface area contributed by atoms with Crippen molar-refractivity contribution in [1.82, 2.24) is 9.78 Å². The Balaban J connectivity index is 2.06. The highest BCUT2D eigenvalue weighted by Crippen LogP contribution is 2.16. The number of halogens is 1. The molecule has 9 heteroatoms. The first-order valence-electron chi connectivity index (χ1n) is 6.08. The molecule has 0 aliphatic rings. The van der Waals surface area contributed by atoms with E-state index in [0.717, 1.165) is 0 Å². The largest absolute Gasteiger partial charge is 0.365 e. The van der Waals surface area contributed by atoms with E-state index in [1.807, 2.05) is 0 Å². The third kappa shape index (κ3) is 3.29. The fourth-order valence-electron chi connectivity index (χ4n) is 1.69. The van der Waals surface area contributed by atoms with Crippen molar-refractivity contribution < 1.29 is 14.6 Å². The van der Waals surface area contributed by atoms with Crippen molar-refractivity contribution in [3.8, 4) is 0 Å². The molecule has 22 heavy (non-hydrogen) atoms. The predicted octanol–water partition coefficient (Wildman–Crippen LogP) is 2.48. The van der Waals surface area contributed by atoms with E-state index in [1.165, 1.54) is 35.2 Å². The molecule has 1 aromatic heterocycles. The van der Waals surface area contributed by atoms with Gasteiger partial charge in [-0.15, -0.1) is 0 Å². The number of carbonyl (C=O) groups excluding carboxylic acids is 1. The van der Waals surface area contributed by atoms with Crippen LogP contribution in [0.15, 0.2) is 29.4 Å². The fraction of sp³-hybridized carbons (Fsp3) is 0.154. The number of non-ortho nitro benzene ring substituents is 1. The van der Waals surface area contributed by atoms with Crippen LogP contribution in [0, 0.1) is 17.0 Å². The molecule has 0 aliphatic heterocycles. The molecule has 0 saturated carbocycles. The third-order valence-electron chi connectivity index (χ3n) is 2.83. The van der Waals surface area contributed by atoms with E-state index in [2.05, 4.69) is 10.3 Å². The molecule has 0 saturated heterocycles. The summed E-state index contributed by atoms with van der Waals surface area (Å²) in [5.41, 5.74) is 1.22. The van der Waals surface area contributed by atoms with E-state index in [0.29, 0.717) is 16.4 Å². The molecule has 0 spiro atoms. The van der Waals surface area contributed by atoms with Gasteiger partial charge in [0.15, 0.2) is 0 Å². The van der Waals surface area contributed by atoms with E-state index in [-0.39, 0.29) is 11.3 Å². The lowest BCUT2D eigenvalue weighted by atomic mass is 10.2. The molecule has 0 bridgehead atoms. The zero-order valence-corrected chi connectivity index (χ0v) is 12.4. The van der Waals surface area contributed by atoms with Gasteiger partial charge in [-0.2, -0.15) is 5.10 Å². The molecule has 8 nitrogen and oxygen atoms in total. The normalized spacial score (nSPS) is 10.9. The second kappa shape index (κ2) is 6.35. The molecule has 0 fully saturated rings. The molecule has 114 valence electrons. The van der Waals surface area contributed by atoms with Crippen LogP contribution in [0.2, 0.25) is 5.15 Å². The first-order valence-corrected chi connectivity index (χ1v) is 6.46. The second-order valence-electron chi connectivity index (χ2n) is 4.33. The molecular formula is C13H11ClN4O4. The monoisotopic (exact) mass is 322 g/mol. The lowest BCUT2D eigenvalue weighted by Gasteiger charge is -1.97. The predicted molar refractivity (Wildman–Crippen MR) is 79.1 cm³/mol. The minimum Gasteiger partial charge on any atom is -0.313 e. The van der Waals surface area contributed by atoms with E-state index >= 15 is 0 Å². The Morgan fingerprint density at radius 1 is 1.45 bits per heavy atom. The van der Waals surface area contributed by atoms with E-state index in [4.69, 9.17) is 16.4 Å². The minimum atomic E-state index is -0.733. The number of benzene rings is 1. The Hall–Kier alpha value is -2.74. The molecule has 0 aliphatic carbocycles. The number of nitro benzene ring substituents is 1. The van der Waals surface area contributed by atoms with Crippen LogP contribution in [0.3, 0.4) is 0 Å². The molecule has 1 aromatic carbocycles. The van der Waals surface area contributed by atoms with Gasteiger partial charge in [0.2, 0.25) is 0 Å². The maximum atomic E-state index is 11.7. The highest BCUT2D eigenvalue weighted by atomic mass is 35.5. The van der Waals surface area contributed by atoms with Gasteiger partial charge in [0.1, 0.15) is 5.15 Å². The van der Waals surface area contributed by atoms with E-state index in [9.17, 15) is 14.9 Å². The van der Waals surface area contributed by atoms with Gasteiger partial charge >= 0.3 is 5.97 Å². The first-order chi connectivity index (χ1) is 10.4. The number of rotatable bonds is 4. The van der Waals surface area contributed by atoms with Crippen molar-refractivity contribution in [2.45, 2.75) is 6.92 Å². The van der Waals surface area contributed by atoms with Gasteiger partial charge in [-0.05, 0) is 19.1 Å². The average molecular weight is 323 g/mol. The summed E-state index contributed by atoms with van der Waals surface area (Å²) < 4.78 is 1.47. The maximum Gasteiger partial charge on any atom is 0.365 e. The summed E-state index contributed by atoms with van der Waals surface area (Å²) in [6, 6.07) is 5.00. The fourth-order valence-corrected chi connectivity index (χ4v) is 1.92. The SMILES string of the molecule is Cc1nn(C)c(Cl)c1/C=N/OC(=O)c1ccc([N+](=O)[O-])cc1. The van der Waals surface area contributed by atoms with Crippen molar-refractivity contribution in [2.75, 3.05) is 0 Å². The summed E-state index contributed by atoms with van der Waals surface area (Å²) >= 11 is 6.00. The van der Waals surface area contributed by atoms with Crippen molar-refractivity contribution in [1.29, 1.82) is 0 Å². The topological polar surface area (TPSA) is 99.6 Å². The highest BCUT2D eigenvalue weighted by molar-refractivity contribution is 6.32. The Morgan fingerprint density at radius 3 is 2.59 bits per heavy atom. The number of hydrogen-bond acceptors (Lipinski definition) is 6. The van der Waals surface area contributed by atoms with Crippen molar-refractivity contribution in [2.24, 2.45) is 12.2 Å². The summed E-state index contributed by atoms with van der Waals surface area (Å²) in [5.74, 6) is -0.733. The van der Waals surface area contributed by atoms with Gasteiger partial charge < -0.3 is 4.84 Å². The van der Waals surface area contributed by atoms with Crippen LogP contribution in [0.4, 0.5) is 5.69 Å². The van der Waals surface area contributed by atoms with Crippen LogP contribution < -0.4 is 0 Å². The van der Waals surface area contributed by atoms with E-state index < -0.39 is 10.9 Å². The summed E-state index contributed by atoms with van der Waals surface area (Å²) in [6.45, 7) is 1.74. The molecule has 0 N–H and O–H groups in total. The summed E-state index contributed by atoms with van der Waals surface area (Å²) in [5, 5.41) is 18.5. The number of carbonyl (C=O) groups is 1. The highest BCUT2D eigenvalue weighted by Gasteiger charge is 2.12.